The summed E-state index contributed by atoms with van der Waals surface area (Å²) in [5.74, 6) is -0.333. The summed E-state index contributed by atoms with van der Waals surface area (Å²) in [6.45, 7) is 3.15. The number of ether oxygens (including phenoxy) is 1. The van der Waals surface area contributed by atoms with Gasteiger partial charge in [-0.3, -0.25) is 8.98 Å². The maximum absolute atomic E-state index is 11.4. The minimum Gasteiger partial charge on any atom is -0.469 e. The van der Waals surface area contributed by atoms with Gasteiger partial charge in [-0.2, -0.15) is 8.42 Å². The molecule has 15 heavy (non-hydrogen) atoms. The first-order valence-corrected chi connectivity index (χ1v) is 6.04. The molecule has 0 aromatic carbocycles. The largest absolute Gasteiger partial charge is 0.469 e. The zero-order chi connectivity index (χ0) is 12.1. The van der Waals surface area contributed by atoms with Gasteiger partial charge in [-0.1, -0.05) is 0 Å². The van der Waals surface area contributed by atoms with Gasteiger partial charge in [-0.05, 0) is 26.7 Å². The Balaban J connectivity index is 4.23. The van der Waals surface area contributed by atoms with Crippen LogP contribution in [0.3, 0.4) is 0 Å². The predicted octanol–water partition coefficient (Wildman–Crippen LogP) is 1.08. The Morgan fingerprint density at radius 3 is 2.20 bits per heavy atom. The SMILES string of the molecule is COC(=O)CCCC(C)(C)S(=O)(=O)OC. The van der Waals surface area contributed by atoms with E-state index in [2.05, 4.69) is 8.92 Å². The molecule has 0 radical (unpaired) electrons. The molecule has 0 aromatic rings. The van der Waals surface area contributed by atoms with E-state index in [1.165, 1.54) is 7.11 Å². The number of carbonyl (C=O) groups excluding carboxylic acids is 1. The first kappa shape index (κ1) is 14.4. The highest BCUT2D eigenvalue weighted by Gasteiger charge is 2.34. The van der Waals surface area contributed by atoms with Crippen molar-refractivity contribution in [2.75, 3.05) is 14.2 Å². The van der Waals surface area contributed by atoms with Crippen LogP contribution in [0, 0.1) is 0 Å². The van der Waals surface area contributed by atoms with Crippen molar-refractivity contribution in [1.29, 1.82) is 0 Å². The van der Waals surface area contributed by atoms with Crippen LogP contribution in [-0.4, -0.2) is 33.4 Å². The first-order chi connectivity index (χ1) is 6.77. The molecule has 0 unspecified atom stereocenters. The van der Waals surface area contributed by atoms with Crippen LogP contribution in [0.5, 0.6) is 0 Å². The molecule has 0 aliphatic rings. The molecule has 0 spiro atoms. The van der Waals surface area contributed by atoms with Gasteiger partial charge in [0.25, 0.3) is 10.1 Å². The normalized spacial score (nSPS) is 12.5. The highest BCUT2D eigenvalue weighted by atomic mass is 32.2. The van der Waals surface area contributed by atoms with Gasteiger partial charge in [0.2, 0.25) is 0 Å². The van der Waals surface area contributed by atoms with E-state index in [9.17, 15) is 13.2 Å². The van der Waals surface area contributed by atoms with Crippen molar-refractivity contribution in [3.63, 3.8) is 0 Å². The highest BCUT2D eigenvalue weighted by Crippen LogP contribution is 2.24. The van der Waals surface area contributed by atoms with E-state index in [1.54, 1.807) is 13.8 Å². The molecule has 0 bridgehead atoms. The predicted molar refractivity (Wildman–Crippen MR) is 55.9 cm³/mol. The Morgan fingerprint density at radius 1 is 1.27 bits per heavy atom. The van der Waals surface area contributed by atoms with Crippen LogP contribution in [-0.2, 0) is 23.8 Å². The van der Waals surface area contributed by atoms with Crippen LogP contribution in [0.25, 0.3) is 0 Å². The van der Waals surface area contributed by atoms with Crippen LogP contribution >= 0.6 is 0 Å². The lowest BCUT2D eigenvalue weighted by atomic mass is 10.1. The highest BCUT2D eigenvalue weighted by molar-refractivity contribution is 7.88. The molecule has 5 nitrogen and oxygen atoms in total. The van der Waals surface area contributed by atoms with Crippen LogP contribution in [0.2, 0.25) is 0 Å². The van der Waals surface area contributed by atoms with Crippen molar-refractivity contribution < 1.29 is 22.1 Å². The summed E-state index contributed by atoms with van der Waals surface area (Å²) in [6.07, 6.45) is 1.04. The topological polar surface area (TPSA) is 69.7 Å². The van der Waals surface area contributed by atoms with Crippen molar-refractivity contribution in [1.82, 2.24) is 0 Å². The average molecular weight is 238 g/mol. The number of rotatable bonds is 6. The van der Waals surface area contributed by atoms with Crippen molar-refractivity contribution in [3.8, 4) is 0 Å². The summed E-state index contributed by atoms with van der Waals surface area (Å²) in [5, 5.41) is 0. The number of methoxy groups -OCH3 is 1. The number of hydrogen-bond donors (Lipinski definition) is 0. The molecule has 0 N–H and O–H groups in total. The van der Waals surface area contributed by atoms with Gasteiger partial charge < -0.3 is 4.74 Å². The van der Waals surface area contributed by atoms with Gasteiger partial charge in [0.05, 0.1) is 19.0 Å². The van der Waals surface area contributed by atoms with Gasteiger partial charge in [-0.15, -0.1) is 0 Å². The molecule has 90 valence electrons. The summed E-state index contributed by atoms with van der Waals surface area (Å²) in [7, 11) is -1.11. The lowest BCUT2D eigenvalue weighted by Crippen LogP contribution is -2.32. The summed E-state index contributed by atoms with van der Waals surface area (Å²) in [6, 6.07) is 0. The lowest BCUT2D eigenvalue weighted by molar-refractivity contribution is -0.140. The smallest absolute Gasteiger partial charge is 0.305 e. The molecule has 0 rings (SSSR count). The fourth-order valence-corrected chi connectivity index (χ4v) is 1.96. The van der Waals surface area contributed by atoms with Crippen LogP contribution < -0.4 is 0 Å². The molecular weight excluding hydrogens is 220 g/mol. The Hall–Kier alpha value is -0.620. The second-order valence-corrected chi connectivity index (χ2v) is 6.16. The van der Waals surface area contributed by atoms with Crippen molar-refractivity contribution in [2.45, 2.75) is 37.9 Å². The third kappa shape index (κ3) is 4.17. The van der Waals surface area contributed by atoms with Crippen molar-refractivity contribution in [2.24, 2.45) is 0 Å². The molecule has 0 fully saturated rings. The monoisotopic (exact) mass is 238 g/mol. The fraction of sp³-hybridized carbons (Fsp3) is 0.889. The van der Waals surface area contributed by atoms with E-state index in [1.807, 2.05) is 0 Å². The second kappa shape index (κ2) is 5.46. The van der Waals surface area contributed by atoms with E-state index in [4.69, 9.17) is 0 Å². The van der Waals surface area contributed by atoms with Gasteiger partial charge in [0.1, 0.15) is 0 Å². The van der Waals surface area contributed by atoms with E-state index < -0.39 is 14.9 Å². The molecule has 0 saturated heterocycles. The number of carbonyl (C=O) groups is 1. The fourth-order valence-electron chi connectivity index (χ4n) is 1.11. The number of hydrogen-bond acceptors (Lipinski definition) is 5. The lowest BCUT2D eigenvalue weighted by Gasteiger charge is -2.22. The molecule has 0 saturated carbocycles. The zero-order valence-electron chi connectivity index (χ0n) is 9.57. The third-order valence-electron chi connectivity index (χ3n) is 2.28. The van der Waals surface area contributed by atoms with Crippen LogP contribution in [0.4, 0.5) is 0 Å². The van der Waals surface area contributed by atoms with Crippen molar-refractivity contribution >= 4 is 16.1 Å². The minimum absolute atomic E-state index is 0.221. The summed E-state index contributed by atoms with van der Waals surface area (Å²) >= 11 is 0. The molecular formula is C9H18O5S. The molecule has 0 aliphatic heterocycles. The number of esters is 1. The molecule has 0 atom stereocenters. The Kier molecular flexibility index (Phi) is 5.23. The van der Waals surface area contributed by atoms with Gasteiger partial charge in [0, 0.05) is 6.42 Å². The standard InChI is InChI=1S/C9H18O5S/c1-9(2,15(11,12)14-4)7-5-6-8(10)13-3/h5-7H2,1-4H3. The van der Waals surface area contributed by atoms with E-state index in [0.29, 0.717) is 12.8 Å². The quantitative estimate of drug-likeness (QED) is 0.511. The molecule has 0 amide bonds. The van der Waals surface area contributed by atoms with Crippen molar-refractivity contribution in [3.05, 3.63) is 0 Å². The van der Waals surface area contributed by atoms with E-state index in [-0.39, 0.29) is 12.4 Å². The Morgan fingerprint density at radius 2 is 1.80 bits per heavy atom. The molecule has 0 heterocycles. The Labute approximate surface area is 90.9 Å². The second-order valence-electron chi connectivity index (χ2n) is 3.81. The summed E-state index contributed by atoms with van der Waals surface area (Å²) in [5.41, 5.74) is 0. The summed E-state index contributed by atoms with van der Waals surface area (Å²) < 4.78 is 30.8. The molecule has 6 heteroatoms. The molecule has 0 aromatic heterocycles. The first-order valence-electron chi connectivity index (χ1n) is 4.64. The summed E-state index contributed by atoms with van der Waals surface area (Å²) in [4.78, 5) is 10.8. The zero-order valence-corrected chi connectivity index (χ0v) is 10.4. The van der Waals surface area contributed by atoms with Crippen LogP contribution in [0.15, 0.2) is 0 Å². The van der Waals surface area contributed by atoms with Gasteiger partial charge in [0.15, 0.2) is 0 Å². The van der Waals surface area contributed by atoms with E-state index in [0.717, 1.165) is 7.11 Å². The average Bonchev–Trinajstić information content (AvgIpc) is 2.16. The maximum Gasteiger partial charge on any atom is 0.305 e. The van der Waals surface area contributed by atoms with Gasteiger partial charge >= 0.3 is 5.97 Å². The molecule has 0 aliphatic carbocycles. The third-order valence-corrected chi connectivity index (χ3v) is 4.28. The van der Waals surface area contributed by atoms with E-state index >= 15 is 0 Å². The van der Waals surface area contributed by atoms with Crippen LogP contribution in [0.1, 0.15) is 33.1 Å². The maximum atomic E-state index is 11.4. The Bertz CT molecular complexity index is 304. The van der Waals surface area contributed by atoms with Gasteiger partial charge in [-0.25, -0.2) is 0 Å². The minimum atomic E-state index is -3.55.